The molecule has 2 unspecified atom stereocenters. The van der Waals surface area contributed by atoms with Gasteiger partial charge in [0.1, 0.15) is 0 Å². The Hall–Kier alpha value is -0.380. The second kappa shape index (κ2) is 4.91. The molecule has 0 aromatic carbocycles. The second-order valence-electron chi connectivity index (χ2n) is 3.75. The van der Waals surface area contributed by atoms with Crippen LogP contribution in [0.15, 0.2) is 17.5 Å². The monoisotopic (exact) mass is 211 g/mol. The molecule has 1 aromatic rings. The molecule has 14 heavy (non-hydrogen) atoms. The zero-order chi connectivity index (χ0) is 9.80. The summed E-state index contributed by atoms with van der Waals surface area (Å²) in [6.45, 7) is 4.13. The number of hydrogen-bond donors (Lipinski definition) is 1. The molecule has 0 amide bonds. The van der Waals surface area contributed by atoms with Gasteiger partial charge in [0.2, 0.25) is 0 Å². The summed E-state index contributed by atoms with van der Waals surface area (Å²) in [5.74, 6) is 0. The maximum Gasteiger partial charge on any atom is 0.0700 e. The first-order valence-corrected chi connectivity index (χ1v) is 6.11. The lowest BCUT2D eigenvalue weighted by molar-refractivity contribution is 0.113. The van der Waals surface area contributed by atoms with E-state index in [1.807, 2.05) is 11.3 Å². The van der Waals surface area contributed by atoms with Gasteiger partial charge >= 0.3 is 0 Å². The SMILES string of the molecule is CC1OCCC1NCCc1cccs1. The molecule has 1 aliphatic rings. The van der Waals surface area contributed by atoms with E-state index < -0.39 is 0 Å². The molecule has 2 nitrogen and oxygen atoms in total. The van der Waals surface area contributed by atoms with E-state index in [1.54, 1.807) is 0 Å². The fourth-order valence-electron chi connectivity index (χ4n) is 1.84. The molecule has 78 valence electrons. The minimum absolute atomic E-state index is 0.387. The number of thiophene rings is 1. The third-order valence-corrected chi connectivity index (χ3v) is 3.67. The fraction of sp³-hybridized carbons (Fsp3) is 0.636. The Morgan fingerprint density at radius 2 is 2.57 bits per heavy atom. The summed E-state index contributed by atoms with van der Waals surface area (Å²) in [5.41, 5.74) is 0. The fourth-order valence-corrected chi connectivity index (χ4v) is 2.54. The summed E-state index contributed by atoms with van der Waals surface area (Å²) in [7, 11) is 0. The van der Waals surface area contributed by atoms with E-state index in [-0.39, 0.29) is 0 Å². The van der Waals surface area contributed by atoms with Crippen LogP contribution in [0.25, 0.3) is 0 Å². The lowest BCUT2D eigenvalue weighted by Gasteiger charge is -2.15. The molecule has 2 rings (SSSR count). The molecule has 2 heterocycles. The van der Waals surface area contributed by atoms with Crippen molar-refractivity contribution in [2.75, 3.05) is 13.2 Å². The van der Waals surface area contributed by atoms with E-state index in [4.69, 9.17) is 4.74 Å². The molecule has 3 heteroatoms. The van der Waals surface area contributed by atoms with Gasteiger partial charge in [-0.2, -0.15) is 0 Å². The summed E-state index contributed by atoms with van der Waals surface area (Å²) < 4.78 is 5.49. The van der Waals surface area contributed by atoms with Crippen LogP contribution in [0.3, 0.4) is 0 Å². The second-order valence-corrected chi connectivity index (χ2v) is 4.79. The van der Waals surface area contributed by atoms with Crippen LogP contribution >= 0.6 is 11.3 Å². The van der Waals surface area contributed by atoms with Gasteiger partial charge in [-0.25, -0.2) is 0 Å². The number of nitrogens with one attached hydrogen (secondary N) is 1. The van der Waals surface area contributed by atoms with Crippen molar-refractivity contribution < 1.29 is 4.74 Å². The Balaban J connectivity index is 1.68. The van der Waals surface area contributed by atoms with Gasteiger partial charge in [-0.3, -0.25) is 0 Å². The molecular formula is C11H17NOS. The Morgan fingerprint density at radius 3 is 3.21 bits per heavy atom. The van der Waals surface area contributed by atoms with Crippen molar-refractivity contribution in [3.05, 3.63) is 22.4 Å². The highest BCUT2D eigenvalue weighted by molar-refractivity contribution is 7.09. The first kappa shape index (κ1) is 10.1. The Labute approximate surface area is 89.3 Å². The van der Waals surface area contributed by atoms with E-state index >= 15 is 0 Å². The van der Waals surface area contributed by atoms with Gasteiger partial charge in [0, 0.05) is 24.1 Å². The van der Waals surface area contributed by atoms with E-state index in [0.717, 1.165) is 26.0 Å². The van der Waals surface area contributed by atoms with Gasteiger partial charge in [-0.15, -0.1) is 11.3 Å². The highest BCUT2D eigenvalue weighted by Crippen LogP contribution is 2.13. The highest BCUT2D eigenvalue weighted by atomic mass is 32.1. The van der Waals surface area contributed by atoms with Gasteiger partial charge in [0.25, 0.3) is 0 Å². The molecule has 0 spiro atoms. The highest BCUT2D eigenvalue weighted by Gasteiger charge is 2.22. The van der Waals surface area contributed by atoms with Crippen molar-refractivity contribution in [3.8, 4) is 0 Å². The minimum atomic E-state index is 0.387. The van der Waals surface area contributed by atoms with Crippen molar-refractivity contribution in [2.45, 2.75) is 31.9 Å². The van der Waals surface area contributed by atoms with Crippen LogP contribution in [0.5, 0.6) is 0 Å². The summed E-state index contributed by atoms with van der Waals surface area (Å²) in [4.78, 5) is 1.46. The summed E-state index contributed by atoms with van der Waals surface area (Å²) in [6, 6.07) is 4.87. The average molecular weight is 211 g/mol. The molecule has 0 saturated carbocycles. The lowest BCUT2D eigenvalue weighted by atomic mass is 10.1. The molecule has 0 aliphatic carbocycles. The maximum absolute atomic E-state index is 5.49. The smallest absolute Gasteiger partial charge is 0.0700 e. The van der Waals surface area contributed by atoms with E-state index in [0.29, 0.717) is 12.1 Å². The van der Waals surface area contributed by atoms with Crippen LogP contribution < -0.4 is 5.32 Å². The molecule has 0 radical (unpaired) electrons. The number of hydrogen-bond acceptors (Lipinski definition) is 3. The maximum atomic E-state index is 5.49. The number of ether oxygens (including phenoxy) is 1. The molecule has 1 saturated heterocycles. The lowest BCUT2D eigenvalue weighted by Crippen LogP contribution is -2.35. The van der Waals surface area contributed by atoms with Crippen LogP contribution in [-0.4, -0.2) is 25.3 Å². The predicted molar refractivity (Wildman–Crippen MR) is 59.8 cm³/mol. The zero-order valence-corrected chi connectivity index (χ0v) is 9.35. The predicted octanol–water partition coefficient (Wildman–Crippen LogP) is 2.06. The topological polar surface area (TPSA) is 21.3 Å². The molecule has 1 aromatic heterocycles. The van der Waals surface area contributed by atoms with Crippen molar-refractivity contribution in [2.24, 2.45) is 0 Å². The normalized spacial score (nSPS) is 26.9. The Morgan fingerprint density at radius 1 is 1.64 bits per heavy atom. The van der Waals surface area contributed by atoms with Crippen molar-refractivity contribution in [1.29, 1.82) is 0 Å². The Bertz CT molecular complexity index is 260. The van der Waals surface area contributed by atoms with E-state index in [2.05, 4.69) is 29.8 Å². The molecule has 1 N–H and O–H groups in total. The molecule has 1 fully saturated rings. The van der Waals surface area contributed by atoms with Gasteiger partial charge in [0.05, 0.1) is 6.10 Å². The van der Waals surface area contributed by atoms with Gasteiger partial charge < -0.3 is 10.1 Å². The van der Waals surface area contributed by atoms with Crippen LogP contribution in [0.1, 0.15) is 18.2 Å². The van der Waals surface area contributed by atoms with E-state index in [1.165, 1.54) is 4.88 Å². The summed E-state index contributed by atoms with van der Waals surface area (Å²) in [6.07, 6.45) is 2.69. The minimum Gasteiger partial charge on any atom is -0.377 e. The molecular weight excluding hydrogens is 194 g/mol. The van der Waals surface area contributed by atoms with Gasteiger partial charge in [-0.1, -0.05) is 6.07 Å². The quantitative estimate of drug-likeness (QED) is 0.823. The molecule has 0 bridgehead atoms. The van der Waals surface area contributed by atoms with Crippen LogP contribution in [0.4, 0.5) is 0 Å². The first-order chi connectivity index (χ1) is 6.86. The average Bonchev–Trinajstić information content (AvgIpc) is 2.78. The van der Waals surface area contributed by atoms with Gasteiger partial charge in [0.15, 0.2) is 0 Å². The van der Waals surface area contributed by atoms with Crippen LogP contribution in [-0.2, 0) is 11.2 Å². The zero-order valence-electron chi connectivity index (χ0n) is 8.53. The standard InChI is InChI=1S/C11H17NOS/c1-9-11(5-7-13-9)12-6-4-10-3-2-8-14-10/h2-3,8-9,11-12H,4-7H2,1H3. The van der Waals surface area contributed by atoms with Crippen molar-refractivity contribution in [3.63, 3.8) is 0 Å². The molecule has 2 atom stereocenters. The van der Waals surface area contributed by atoms with Gasteiger partial charge in [-0.05, 0) is 31.2 Å². The largest absolute Gasteiger partial charge is 0.377 e. The number of rotatable bonds is 4. The summed E-state index contributed by atoms with van der Waals surface area (Å²) in [5, 5.41) is 5.69. The first-order valence-electron chi connectivity index (χ1n) is 5.23. The van der Waals surface area contributed by atoms with Crippen LogP contribution in [0.2, 0.25) is 0 Å². The van der Waals surface area contributed by atoms with Crippen molar-refractivity contribution in [1.82, 2.24) is 5.32 Å². The van der Waals surface area contributed by atoms with Crippen LogP contribution in [0, 0.1) is 0 Å². The van der Waals surface area contributed by atoms with Crippen molar-refractivity contribution >= 4 is 11.3 Å². The molecule has 1 aliphatic heterocycles. The van der Waals surface area contributed by atoms with E-state index in [9.17, 15) is 0 Å². The third-order valence-electron chi connectivity index (χ3n) is 2.73. The Kier molecular flexibility index (Phi) is 3.56. The summed E-state index contributed by atoms with van der Waals surface area (Å²) >= 11 is 1.83. The third kappa shape index (κ3) is 2.56.